The lowest BCUT2D eigenvalue weighted by molar-refractivity contribution is -0.146. The largest absolute Gasteiger partial charge is 0.463 e. The van der Waals surface area contributed by atoms with E-state index in [2.05, 4.69) is 15.0 Å². The van der Waals surface area contributed by atoms with Gasteiger partial charge in [-0.2, -0.15) is 0 Å². The van der Waals surface area contributed by atoms with Crippen molar-refractivity contribution in [3.05, 3.63) is 37.3 Å². The number of carbonyl (C=O) groups is 1. The molecule has 1 fully saturated rings. The van der Waals surface area contributed by atoms with Gasteiger partial charge in [0.15, 0.2) is 0 Å². The van der Waals surface area contributed by atoms with Gasteiger partial charge < -0.3 is 9.47 Å². The molecule has 0 saturated carbocycles. The number of H-pyrrole nitrogens is 1. The lowest BCUT2D eigenvalue weighted by Gasteiger charge is -2.16. The molecule has 3 atom stereocenters. The molecule has 0 aromatic carbocycles. The summed E-state index contributed by atoms with van der Waals surface area (Å²) in [6.07, 6.45) is 0.682. The van der Waals surface area contributed by atoms with Crippen LogP contribution in [0, 0.1) is 11.6 Å². The number of hydrogen-bond donors (Lipinski definition) is 1. The molecule has 0 amide bonds. The van der Waals surface area contributed by atoms with Crippen LogP contribution in [0.1, 0.15) is 25.1 Å². The minimum Gasteiger partial charge on any atom is -0.463 e. The van der Waals surface area contributed by atoms with Crippen molar-refractivity contribution in [1.82, 2.24) is 9.55 Å². The average Bonchev–Trinajstić information content (AvgIpc) is 2.84. The summed E-state index contributed by atoms with van der Waals surface area (Å²) in [6.45, 7) is 3.01. The Morgan fingerprint density at radius 3 is 3.09 bits per heavy atom. The fourth-order valence-corrected chi connectivity index (χ4v) is 2.36. The predicted octanol–water partition coefficient (Wildman–Crippen LogP) is 1.74. The highest BCUT2D eigenvalue weighted by molar-refractivity contribution is 7.71. The second kappa shape index (κ2) is 6.73. The molecule has 2 rings (SSSR count). The van der Waals surface area contributed by atoms with E-state index in [0.717, 1.165) is 5.56 Å². The predicted molar refractivity (Wildman–Crippen MR) is 78.7 cm³/mol. The van der Waals surface area contributed by atoms with Gasteiger partial charge in [0.25, 0.3) is 0 Å². The number of hydrogen-bond acceptors (Lipinski definition) is 6. The van der Waals surface area contributed by atoms with Crippen LogP contribution in [0.15, 0.2) is 16.1 Å². The molecule has 2 heterocycles. The van der Waals surface area contributed by atoms with E-state index in [1.165, 1.54) is 11.5 Å². The van der Waals surface area contributed by atoms with E-state index >= 15 is 0 Å². The van der Waals surface area contributed by atoms with Crippen molar-refractivity contribution in [2.24, 2.45) is 5.11 Å². The normalized spacial score (nSPS) is 23.8. The maximum absolute atomic E-state index is 12.0. The van der Waals surface area contributed by atoms with Crippen LogP contribution < -0.4 is 5.69 Å². The first-order valence-corrected chi connectivity index (χ1v) is 6.98. The Balaban J connectivity index is 2.25. The van der Waals surface area contributed by atoms with Gasteiger partial charge in [0.05, 0.1) is 6.04 Å². The smallest absolute Gasteiger partial charge is 0.328 e. The minimum atomic E-state index is -0.617. The van der Waals surface area contributed by atoms with Crippen LogP contribution in [0.3, 0.4) is 0 Å². The number of rotatable bonds is 4. The summed E-state index contributed by atoms with van der Waals surface area (Å²) in [6, 6.07) is -0.523. The summed E-state index contributed by atoms with van der Waals surface area (Å²) in [5.74, 6) is -0.455. The van der Waals surface area contributed by atoms with Gasteiger partial charge in [0, 0.05) is 30.0 Å². The van der Waals surface area contributed by atoms with E-state index in [9.17, 15) is 9.59 Å². The Morgan fingerprint density at radius 2 is 2.45 bits per heavy atom. The first kappa shape index (κ1) is 16.2. The van der Waals surface area contributed by atoms with Crippen molar-refractivity contribution in [3.63, 3.8) is 0 Å². The highest BCUT2D eigenvalue weighted by Crippen LogP contribution is 2.30. The number of nitrogens with zero attached hydrogens (tertiary/aromatic N) is 4. The summed E-state index contributed by atoms with van der Waals surface area (Å²) in [4.78, 5) is 28.2. The van der Waals surface area contributed by atoms with Crippen molar-refractivity contribution < 1.29 is 14.3 Å². The van der Waals surface area contributed by atoms with Crippen LogP contribution in [0.5, 0.6) is 0 Å². The maximum Gasteiger partial charge on any atom is 0.328 e. The molecule has 1 saturated heterocycles. The lowest BCUT2D eigenvalue weighted by Crippen LogP contribution is -2.28. The van der Waals surface area contributed by atoms with E-state index in [-0.39, 0.29) is 6.61 Å². The number of aryl methyl sites for hydroxylation is 1. The van der Waals surface area contributed by atoms with Gasteiger partial charge in [-0.25, -0.2) is 4.79 Å². The quantitative estimate of drug-likeness (QED) is 0.297. The summed E-state index contributed by atoms with van der Waals surface area (Å²) < 4.78 is 12.3. The zero-order chi connectivity index (χ0) is 16.3. The second-order valence-corrected chi connectivity index (χ2v) is 5.33. The van der Waals surface area contributed by atoms with E-state index < -0.39 is 30.0 Å². The number of aromatic amines is 1. The van der Waals surface area contributed by atoms with Crippen LogP contribution >= 0.6 is 12.2 Å². The molecule has 1 aliphatic rings. The SMILES string of the molecule is CC(=O)OC[C@H]1O[C@@H](n2cc(C)c(=S)[nH]c2=O)C[C@@H]1N=[N+]=[N-]. The second-order valence-electron chi connectivity index (χ2n) is 4.92. The highest BCUT2D eigenvalue weighted by atomic mass is 32.1. The van der Waals surface area contributed by atoms with Crippen LogP contribution in [0.2, 0.25) is 0 Å². The molecule has 9 nitrogen and oxygen atoms in total. The van der Waals surface area contributed by atoms with Gasteiger partial charge in [-0.3, -0.25) is 14.3 Å². The molecule has 0 aliphatic carbocycles. The molecule has 10 heteroatoms. The van der Waals surface area contributed by atoms with E-state index in [1.807, 2.05) is 0 Å². The average molecular weight is 325 g/mol. The fourth-order valence-electron chi connectivity index (χ4n) is 2.22. The van der Waals surface area contributed by atoms with Gasteiger partial charge in [0.2, 0.25) is 0 Å². The molecule has 1 aromatic heterocycles. The Hall–Kier alpha value is -2.16. The third-order valence-corrected chi connectivity index (χ3v) is 3.74. The van der Waals surface area contributed by atoms with E-state index in [0.29, 0.717) is 11.1 Å². The minimum absolute atomic E-state index is 0.0356. The summed E-state index contributed by atoms with van der Waals surface area (Å²) in [5, 5.41) is 3.65. The number of aromatic nitrogens is 2. The summed E-state index contributed by atoms with van der Waals surface area (Å²) >= 11 is 5.00. The van der Waals surface area contributed by atoms with Crippen molar-refractivity contribution >= 4 is 18.2 Å². The molecule has 118 valence electrons. The van der Waals surface area contributed by atoms with Gasteiger partial charge in [-0.1, -0.05) is 17.3 Å². The number of azide groups is 1. The van der Waals surface area contributed by atoms with Crippen molar-refractivity contribution in [3.8, 4) is 0 Å². The summed E-state index contributed by atoms with van der Waals surface area (Å²) in [5.41, 5.74) is 8.94. The van der Waals surface area contributed by atoms with Gasteiger partial charge >= 0.3 is 11.7 Å². The number of ether oxygens (including phenoxy) is 2. The van der Waals surface area contributed by atoms with Crippen LogP contribution in [-0.4, -0.2) is 34.3 Å². The molecular weight excluding hydrogens is 310 g/mol. The lowest BCUT2D eigenvalue weighted by atomic mass is 10.1. The fraction of sp³-hybridized carbons (Fsp3) is 0.583. The molecule has 0 radical (unpaired) electrons. The van der Waals surface area contributed by atoms with E-state index in [4.69, 9.17) is 27.2 Å². The topological polar surface area (TPSA) is 122 Å². The molecule has 22 heavy (non-hydrogen) atoms. The Labute approximate surface area is 130 Å². The Kier molecular flexibility index (Phi) is 4.96. The van der Waals surface area contributed by atoms with Crippen LogP contribution in [0.4, 0.5) is 0 Å². The third-order valence-electron chi connectivity index (χ3n) is 3.31. The van der Waals surface area contributed by atoms with Crippen LogP contribution in [-0.2, 0) is 14.3 Å². The van der Waals surface area contributed by atoms with Crippen LogP contribution in [0.25, 0.3) is 10.4 Å². The standard InChI is InChI=1S/C12H15N5O4S/c1-6-4-17(12(19)14-11(6)22)10-3-8(15-16-13)9(21-10)5-20-7(2)18/h4,8-10H,3,5H2,1-2H3,(H,14,19,22)/t8-,9+,10+/m0/s1. The first-order valence-electron chi connectivity index (χ1n) is 6.57. The Bertz CT molecular complexity index is 736. The molecule has 1 aromatic rings. The Morgan fingerprint density at radius 1 is 1.73 bits per heavy atom. The zero-order valence-electron chi connectivity index (χ0n) is 12.1. The highest BCUT2D eigenvalue weighted by Gasteiger charge is 2.36. The number of carbonyl (C=O) groups excluding carboxylic acids is 1. The number of esters is 1. The summed E-state index contributed by atoms with van der Waals surface area (Å²) in [7, 11) is 0. The first-order chi connectivity index (χ1) is 10.4. The van der Waals surface area contributed by atoms with Crippen molar-refractivity contribution in [1.29, 1.82) is 0 Å². The van der Waals surface area contributed by atoms with Crippen molar-refractivity contribution in [2.75, 3.05) is 6.61 Å². The third kappa shape index (κ3) is 3.53. The maximum atomic E-state index is 12.0. The molecule has 0 spiro atoms. The monoisotopic (exact) mass is 325 g/mol. The zero-order valence-corrected chi connectivity index (χ0v) is 12.9. The molecule has 1 N–H and O–H groups in total. The van der Waals surface area contributed by atoms with Gasteiger partial charge in [-0.05, 0) is 12.5 Å². The van der Waals surface area contributed by atoms with E-state index in [1.54, 1.807) is 13.1 Å². The molecule has 0 unspecified atom stereocenters. The van der Waals surface area contributed by atoms with Crippen molar-refractivity contribution in [2.45, 2.75) is 38.6 Å². The van der Waals surface area contributed by atoms with Gasteiger partial charge in [-0.15, -0.1) is 0 Å². The molecular formula is C12H15N5O4S. The van der Waals surface area contributed by atoms with Gasteiger partial charge in [0.1, 0.15) is 23.6 Å². The molecule has 1 aliphatic heterocycles. The number of nitrogens with one attached hydrogen (secondary N) is 1. The molecule has 0 bridgehead atoms.